The Morgan fingerprint density at radius 3 is 2.57 bits per heavy atom. The fourth-order valence-electron chi connectivity index (χ4n) is 3.30. The Morgan fingerprint density at radius 1 is 1.24 bits per heavy atom. The summed E-state index contributed by atoms with van der Waals surface area (Å²) in [7, 11) is 2.12. The van der Waals surface area contributed by atoms with Crippen LogP contribution in [0.15, 0.2) is 0 Å². The average Bonchev–Trinajstić information content (AvgIpc) is 3.20. The average molecular weight is 295 g/mol. The van der Waals surface area contributed by atoms with Gasteiger partial charge in [0.1, 0.15) is 5.78 Å². The molecule has 0 N–H and O–H groups in total. The van der Waals surface area contributed by atoms with Crippen LogP contribution in [0, 0.1) is 23.2 Å². The second kappa shape index (κ2) is 7.23. The number of hydrogen-bond donors (Lipinski definition) is 0. The number of Topliss-reactive ketones (excluding diaryl/α,β-unsaturated/α-hetero) is 1. The van der Waals surface area contributed by atoms with Crippen molar-refractivity contribution in [1.29, 1.82) is 0 Å². The van der Waals surface area contributed by atoms with Crippen molar-refractivity contribution in [3.63, 3.8) is 0 Å². The van der Waals surface area contributed by atoms with Crippen molar-refractivity contribution >= 4 is 5.78 Å². The van der Waals surface area contributed by atoms with Gasteiger partial charge in [0.2, 0.25) is 0 Å². The van der Waals surface area contributed by atoms with Gasteiger partial charge in [0, 0.05) is 32.0 Å². The molecule has 0 bridgehead atoms. The minimum atomic E-state index is 0.233. The monoisotopic (exact) mass is 295 g/mol. The Kier molecular flexibility index (Phi) is 5.84. The highest BCUT2D eigenvalue weighted by Crippen LogP contribution is 2.39. The number of ether oxygens (including phenoxy) is 1. The van der Waals surface area contributed by atoms with E-state index in [0.29, 0.717) is 17.1 Å². The Balaban J connectivity index is 1.69. The second-order valence-corrected chi connectivity index (χ2v) is 8.28. The first-order valence-corrected chi connectivity index (χ1v) is 8.65. The van der Waals surface area contributed by atoms with E-state index in [1.165, 1.54) is 12.8 Å². The number of rotatable bonds is 7. The topological polar surface area (TPSA) is 29.5 Å². The standard InChI is InChI=1S/C18H33NO2/c1-18(2,3)16-7-8-17(20)15(11-16)12-19(4)9-10-21-13-14-5-6-14/h14-16H,5-13H2,1-4H3. The lowest BCUT2D eigenvalue weighted by atomic mass is 9.68. The zero-order valence-electron chi connectivity index (χ0n) is 14.4. The lowest BCUT2D eigenvalue weighted by Crippen LogP contribution is -2.39. The van der Waals surface area contributed by atoms with E-state index < -0.39 is 0 Å². The molecule has 0 amide bonds. The van der Waals surface area contributed by atoms with Crippen LogP contribution in [0.2, 0.25) is 0 Å². The predicted octanol–water partition coefficient (Wildman–Crippen LogP) is 3.38. The molecule has 2 rings (SSSR count). The van der Waals surface area contributed by atoms with Gasteiger partial charge in [0.25, 0.3) is 0 Å². The normalized spacial score (nSPS) is 27.4. The summed E-state index contributed by atoms with van der Waals surface area (Å²) in [6.45, 7) is 10.5. The smallest absolute Gasteiger partial charge is 0.137 e. The van der Waals surface area contributed by atoms with Gasteiger partial charge in [-0.25, -0.2) is 0 Å². The van der Waals surface area contributed by atoms with Gasteiger partial charge in [0.15, 0.2) is 0 Å². The minimum Gasteiger partial charge on any atom is -0.380 e. The van der Waals surface area contributed by atoms with Crippen LogP contribution < -0.4 is 0 Å². The Labute approximate surface area is 130 Å². The molecule has 2 saturated carbocycles. The molecule has 0 aromatic carbocycles. The second-order valence-electron chi connectivity index (χ2n) is 8.28. The van der Waals surface area contributed by atoms with Crippen LogP contribution >= 0.6 is 0 Å². The van der Waals surface area contributed by atoms with Crippen LogP contribution in [0.4, 0.5) is 0 Å². The zero-order valence-corrected chi connectivity index (χ0v) is 14.4. The lowest BCUT2D eigenvalue weighted by molar-refractivity contribution is -0.127. The van der Waals surface area contributed by atoms with Crippen LogP contribution in [0.1, 0.15) is 52.9 Å². The van der Waals surface area contributed by atoms with E-state index in [4.69, 9.17) is 4.74 Å². The summed E-state index contributed by atoms with van der Waals surface area (Å²) in [5.41, 5.74) is 0.324. The van der Waals surface area contributed by atoms with E-state index in [1.54, 1.807) is 0 Å². The Morgan fingerprint density at radius 2 is 1.95 bits per heavy atom. The molecule has 0 radical (unpaired) electrons. The highest BCUT2D eigenvalue weighted by molar-refractivity contribution is 5.82. The maximum atomic E-state index is 12.2. The van der Waals surface area contributed by atoms with Gasteiger partial charge in [-0.2, -0.15) is 0 Å². The highest BCUT2D eigenvalue weighted by atomic mass is 16.5. The molecule has 3 nitrogen and oxygen atoms in total. The summed E-state index contributed by atoms with van der Waals surface area (Å²) >= 11 is 0. The molecule has 2 aliphatic rings. The van der Waals surface area contributed by atoms with Gasteiger partial charge in [0.05, 0.1) is 6.61 Å². The fraction of sp³-hybridized carbons (Fsp3) is 0.944. The summed E-state index contributed by atoms with van der Waals surface area (Å²) in [6.07, 6.45) is 5.61. The Hall–Kier alpha value is -0.410. The fourth-order valence-corrected chi connectivity index (χ4v) is 3.30. The molecule has 0 aromatic heterocycles. The third-order valence-corrected chi connectivity index (χ3v) is 5.19. The number of nitrogens with zero attached hydrogens (tertiary/aromatic N) is 1. The molecule has 21 heavy (non-hydrogen) atoms. The third-order valence-electron chi connectivity index (χ3n) is 5.19. The molecule has 122 valence electrons. The minimum absolute atomic E-state index is 0.233. The van der Waals surface area contributed by atoms with Crippen LogP contribution in [0.3, 0.4) is 0 Å². The lowest BCUT2D eigenvalue weighted by Gasteiger charge is -2.38. The van der Waals surface area contributed by atoms with E-state index in [2.05, 4.69) is 32.7 Å². The molecule has 3 heteroatoms. The number of hydrogen-bond acceptors (Lipinski definition) is 3. The molecular formula is C18H33NO2. The van der Waals surface area contributed by atoms with Gasteiger partial charge in [-0.3, -0.25) is 4.79 Å². The number of ketones is 1. The first-order valence-electron chi connectivity index (χ1n) is 8.65. The zero-order chi connectivity index (χ0) is 15.5. The largest absolute Gasteiger partial charge is 0.380 e. The molecule has 2 unspecified atom stereocenters. The first-order chi connectivity index (χ1) is 9.86. The highest BCUT2D eigenvalue weighted by Gasteiger charge is 2.35. The van der Waals surface area contributed by atoms with Gasteiger partial charge < -0.3 is 9.64 Å². The van der Waals surface area contributed by atoms with E-state index in [1.807, 2.05) is 0 Å². The molecule has 2 aliphatic carbocycles. The summed E-state index contributed by atoms with van der Waals surface area (Å²) in [5.74, 6) is 2.22. The molecule has 0 heterocycles. The molecule has 0 saturated heterocycles. The van der Waals surface area contributed by atoms with Crippen LogP contribution in [-0.4, -0.2) is 44.0 Å². The van der Waals surface area contributed by atoms with E-state index >= 15 is 0 Å². The van der Waals surface area contributed by atoms with Gasteiger partial charge in [-0.15, -0.1) is 0 Å². The maximum Gasteiger partial charge on any atom is 0.137 e. The number of likely N-dealkylation sites (N-methyl/N-ethyl adjacent to an activating group) is 1. The van der Waals surface area contributed by atoms with Gasteiger partial charge in [-0.1, -0.05) is 20.8 Å². The van der Waals surface area contributed by atoms with E-state index in [-0.39, 0.29) is 5.92 Å². The first kappa shape index (κ1) is 17.0. The molecular weight excluding hydrogens is 262 g/mol. The Bertz CT molecular complexity index is 344. The predicted molar refractivity (Wildman–Crippen MR) is 86.3 cm³/mol. The molecule has 2 fully saturated rings. The maximum absolute atomic E-state index is 12.2. The quantitative estimate of drug-likeness (QED) is 0.674. The summed E-state index contributed by atoms with van der Waals surface area (Å²) in [4.78, 5) is 14.5. The molecule has 0 spiro atoms. The molecule has 0 aliphatic heterocycles. The van der Waals surface area contributed by atoms with E-state index in [0.717, 1.165) is 51.5 Å². The summed E-state index contributed by atoms with van der Waals surface area (Å²) in [6, 6.07) is 0. The number of carbonyl (C=O) groups excluding carboxylic acids is 1. The SMILES string of the molecule is CN(CCOCC1CC1)CC1CC(C(C)(C)C)CCC1=O. The third kappa shape index (κ3) is 5.71. The van der Waals surface area contributed by atoms with Crippen molar-refractivity contribution < 1.29 is 9.53 Å². The van der Waals surface area contributed by atoms with Crippen molar-refractivity contribution in [2.75, 3.05) is 33.4 Å². The molecule has 0 aromatic rings. The summed E-state index contributed by atoms with van der Waals surface area (Å²) < 4.78 is 5.69. The van der Waals surface area contributed by atoms with Crippen molar-refractivity contribution in [2.45, 2.75) is 52.9 Å². The van der Waals surface area contributed by atoms with Crippen molar-refractivity contribution in [3.05, 3.63) is 0 Å². The van der Waals surface area contributed by atoms with Crippen molar-refractivity contribution in [2.24, 2.45) is 23.2 Å². The van der Waals surface area contributed by atoms with Crippen molar-refractivity contribution in [1.82, 2.24) is 4.90 Å². The summed E-state index contributed by atoms with van der Waals surface area (Å²) in [5, 5.41) is 0. The molecule has 2 atom stereocenters. The van der Waals surface area contributed by atoms with Gasteiger partial charge >= 0.3 is 0 Å². The van der Waals surface area contributed by atoms with Crippen molar-refractivity contribution in [3.8, 4) is 0 Å². The van der Waals surface area contributed by atoms with Gasteiger partial charge in [-0.05, 0) is 50.0 Å². The van der Waals surface area contributed by atoms with Crippen LogP contribution in [-0.2, 0) is 9.53 Å². The van der Waals surface area contributed by atoms with Crippen LogP contribution in [0.5, 0.6) is 0 Å². The van der Waals surface area contributed by atoms with E-state index in [9.17, 15) is 4.79 Å². The van der Waals surface area contributed by atoms with Crippen LogP contribution in [0.25, 0.3) is 0 Å². The number of carbonyl (C=O) groups is 1.